The van der Waals surface area contributed by atoms with Gasteiger partial charge in [0.15, 0.2) is 0 Å². The van der Waals surface area contributed by atoms with E-state index < -0.39 is 6.09 Å². The van der Waals surface area contributed by atoms with Crippen molar-refractivity contribution in [3.63, 3.8) is 0 Å². The van der Waals surface area contributed by atoms with Gasteiger partial charge in [-0.15, -0.1) is 0 Å². The Bertz CT molecular complexity index is 701. The van der Waals surface area contributed by atoms with Gasteiger partial charge >= 0.3 is 6.09 Å². The summed E-state index contributed by atoms with van der Waals surface area (Å²) in [4.78, 5) is 11.5. The Morgan fingerprint density at radius 3 is 2.65 bits per heavy atom. The van der Waals surface area contributed by atoms with Crippen molar-refractivity contribution in [1.29, 1.82) is 0 Å². The molecule has 2 rings (SSSR count). The lowest BCUT2D eigenvalue weighted by Crippen LogP contribution is -2.22. The second-order valence-corrected chi connectivity index (χ2v) is 5.95. The van der Waals surface area contributed by atoms with E-state index in [4.69, 9.17) is 9.47 Å². The van der Waals surface area contributed by atoms with E-state index in [0.29, 0.717) is 12.4 Å². The number of rotatable bonds is 5. The van der Waals surface area contributed by atoms with Crippen molar-refractivity contribution in [3.05, 3.63) is 57.6 Å². The molecule has 1 N–H and O–H groups in total. The zero-order valence-electron chi connectivity index (χ0n) is 13.5. The summed E-state index contributed by atoms with van der Waals surface area (Å²) in [6, 6.07) is 11.6. The minimum atomic E-state index is -0.507. The summed E-state index contributed by atoms with van der Waals surface area (Å²) in [5.74, 6) is 1.30. The highest BCUT2D eigenvalue weighted by Gasteiger charge is 2.12. The Balaban J connectivity index is 2.18. The minimum absolute atomic E-state index is 0.306. The minimum Gasteiger partial charge on any atom is -0.488 e. The van der Waals surface area contributed by atoms with Crippen molar-refractivity contribution < 1.29 is 14.3 Å². The van der Waals surface area contributed by atoms with Crippen LogP contribution in [0.4, 0.5) is 4.79 Å². The average Bonchev–Trinajstić information content (AvgIpc) is 2.55. The van der Waals surface area contributed by atoms with Gasteiger partial charge in [-0.3, -0.25) is 0 Å². The van der Waals surface area contributed by atoms with Crippen molar-refractivity contribution in [2.45, 2.75) is 26.9 Å². The number of amides is 1. The van der Waals surface area contributed by atoms with Crippen LogP contribution in [-0.2, 0) is 13.0 Å². The van der Waals surface area contributed by atoms with Crippen molar-refractivity contribution in [2.75, 3.05) is 7.05 Å². The number of hydrogen-bond acceptors (Lipinski definition) is 3. The fourth-order valence-electron chi connectivity index (χ4n) is 2.17. The molecule has 5 heteroatoms. The van der Waals surface area contributed by atoms with E-state index in [1.807, 2.05) is 25.1 Å². The van der Waals surface area contributed by atoms with Crippen molar-refractivity contribution in [2.24, 2.45) is 0 Å². The van der Waals surface area contributed by atoms with E-state index in [1.165, 1.54) is 12.6 Å². The Kier molecular flexibility index (Phi) is 6.04. The van der Waals surface area contributed by atoms with Gasteiger partial charge in [-0.2, -0.15) is 0 Å². The van der Waals surface area contributed by atoms with Crippen LogP contribution in [0, 0.1) is 6.92 Å². The Labute approximate surface area is 144 Å². The fraction of sp³-hybridized carbons (Fsp3) is 0.278. The molecule has 0 fully saturated rings. The maximum atomic E-state index is 11.5. The van der Waals surface area contributed by atoms with Crippen LogP contribution in [0.25, 0.3) is 0 Å². The van der Waals surface area contributed by atoms with Gasteiger partial charge in [0, 0.05) is 17.1 Å². The van der Waals surface area contributed by atoms with Crippen molar-refractivity contribution >= 4 is 22.0 Å². The maximum absolute atomic E-state index is 11.5. The molecule has 122 valence electrons. The number of ether oxygens (including phenoxy) is 2. The third-order valence-electron chi connectivity index (χ3n) is 3.50. The molecule has 0 radical (unpaired) electrons. The number of hydrogen-bond donors (Lipinski definition) is 1. The van der Waals surface area contributed by atoms with Gasteiger partial charge in [0.2, 0.25) is 0 Å². The SMILES string of the molecule is CCc1ccc(OCc2c(Br)cccc2OC(=O)NC)c(C)c1. The zero-order chi connectivity index (χ0) is 16.8. The topological polar surface area (TPSA) is 47.6 Å². The van der Waals surface area contributed by atoms with Crippen LogP contribution >= 0.6 is 15.9 Å². The first-order chi connectivity index (χ1) is 11.0. The monoisotopic (exact) mass is 377 g/mol. The third-order valence-corrected chi connectivity index (χ3v) is 4.25. The first-order valence-electron chi connectivity index (χ1n) is 7.44. The van der Waals surface area contributed by atoms with Crippen molar-refractivity contribution in [3.8, 4) is 11.5 Å². The van der Waals surface area contributed by atoms with Gasteiger partial charge < -0.3 is 14.8 Å². The van der Waals surface area contributed by atoms with Gasteiger partial charge in [-0.1, -0.05) is 41.1 Å². The van der Waals surface area contributed by atoms with Crippen LogP contribution in [0.1, 0.15) is 23.6 Å². The largest absolute Gasteiger partial charge is 0.488 e. The quantitative estimate of drug-likeness (QED) is 0.826. The molecule has 0 heterocycles. The highest BCUT2D eigenvalue weighted by atomic mass is 79.9. The van der Waals surface area contributed by atoms with Gasteiger partial charge in [0.05, 0.1) is 0 Å². The summed E-state index contributed by atoms with van der Waals surface area (Å²) in [6.45, 7) is 4.45. The maximum Gasteiger partial charge on any atom is 0.412 e. The molecule has 4 nitrogen and oxygen atoms in total. The third kappa shape index (κ3) is 4.48. The van der Waals surface area contributed by atoms with Gasteiger partial charge in [-0.25, -0.2) is 4.79 Å². The molecule has 0 aliphatic heterocycles. The van der Waals surface area contributed by atoms with Gasteiger partial charge in [0.1, 0.15) is 18.1 Å². The normalized spacial score (nSPS) is 10.3. The predicted molar refractivity (Wildman–Crippen MR) is 94.1 cm³/mol. The summed E-state index contributed by atoms with van der Waals surface area (Å²) in [5, 5.41) is 2.44. The molecular weight excluding hydrogens is 358 g/mol. The number of nitrogens with one attached hydrogen (secondary N) is 1. The molecular formula is C18H20BrNO3. The lowest BCUT2D eigenvalue weighted by Gasteiger charge is -2.14. The number of carbonyl (C=O) groups excluding carboxylic acids is 1. The molecule has 23 heavy (non-hydrogen) atoms. The molecule has 0 atom stereocenters. The molecule has 0 aliphatic rings. The first-order valence-corrected chi connectivity index (χ1v) is 8.23. The van der Waals surface area contributed by atoms with Crippen LogP contribution in [0.2, 0.25) is 0 Å². The second-order valence-electron chi connectivity index (χ2n) is 5.10. The molecule has 0 aliphatic carbocycles. The Hall–Kier alpha value is -2.01. The molecule has 0 saturated carbocycles. The molecule has 0 saturated heterocycles. The molecule has 0 aromatic heterocycles. The summed E-state index contributed by atoms with van der Waals surface area (Å²) >= 11 is 3.48. The second kappa shape index (κ2) is 8.02. The molecule has 1 amide bonds. The van der Waals surface area contributed by atoms with E-state index in [9.17, 15) is 4.79 Å². The molecule has 2 aromatic carbocycles. The smallest absolute Gasteiger partial charge is 0.412 e. The summed E-state index contributed by atoms with van der Waals surface area (Å²) < 4.78 is 12.0. The van der Waals surface area contributed by atoms with E-state index in [-0.39, 0.29) is 0 Å². The molecule has 0 bridgehead atoms. The summed E-state index contributed by atoms with van der Waals surface area (Å²) in [6.07, 6.45) is 0.489. The molecule has 0 spiro atoms. The number of benzene rings is 2. The van der Waals surface area contributed by atoms with E-state index in [2.05, 4.69) is 40.3 Å². The standard InChI is InChI=1S/C18H20BrNO3/c1-4-13-8-9-16(12(2)10-13)22-11-14-15(19)6-5-7-17(14)23-18(21)20-3/h5-10H,4,11H2,1-3H3,(H,20,21). The highest BCUT2D eigenvalue weighted by Crippen LogP contribution is 2.29. The van der Waals surface area contributed by atoms with Gasteiger partial charge in [0.25, 0.3) is 0 Å². The molecule has 0 unspecified atom stereocenters. The van der Waals surface area contributed by atoms with E-state index >= 15 is 0 Å². The van der Waals surface area contributed by atoms with Crippen LogP contribution < -0.4 is 14.8 Å². The van der Waals surface area contributed by atoms with Crippen LogP contribution in [0.15, 0.2) is 40.9 Å². The number of aryl methyl sites for hydroxylation is 2. The Morgan fingerprint density at radius 2 is 2.00 bits per heavy atom. The molecule has 2 aromatic rings. The number of carbonyl (C=O) groups is 1. The fourth-order valence-corrected chi connectivity index (χ4v) is 2.63. The lowest BCUT2D eigenvalue weighted by molar-refractivity contribution is 0.201. The van der Waals surface area contributed by atoms with Crippen LogP contribution in [0.3, 0.4) is 0 Å². The summed E-state index contributed by atoms with van der Waals surface area (Å²) in [7, 11) is 1.52. The predicted octanol–water partition coefficient (Wildman–Crippen LogP) is 4.62. The zero-order valence-corrected chi connectivity index (χ0v) is 15.1. The highest BCUT2D eigenvalue weighted by molar-refractivity contribution is 9.10. The van der Waals surface area contributed by atoms with Crippen LogP contribution in [-0.4, -0.2) is 13.1 Å². The summed E-state index contributed by atoms with van der Waals surface area (Å²) in [5.41, 5.74) is 3.15. The van der Waals surface area contributed by atoms with E-state index in [1.54, 1.807) is 6.07 Å². The van der Waals surface area contributed by atoms with Crippen LogP contribution in [0.5, 0.6) is 11.5 Å². The number of halogens is 1. The average molecular weight is 378 g/mol. The Morgan fingerprint density at radius 1 is 1.22 bits per heavy atom. The first kappa shape index (κ1) is 17.3. The lowest BCUT2D eigenvalue weighted by atomic mass is 10.1. The van der Waals surface area contributed by atoms with Crippen molar-refractivity contribution in [1.82, 2.24) is 5.32 Å². The van der Waals surface area contributed by atoms with E-state index in [0.717, 1.165) is 27.8 Å². The van der Waals surface area contributed by atoms with Gasteiger partial charge in [-0.05, 0) is 42.7 Å².